The topological polar surface area (TPSA) is 66.8 Å². The standard InChI is InChI=1S/C21H27NO4S.C6H11.Li/c1-4-22(5-2)17(3)18-10-12-20(13-11-18)27(24,25)21-9-6-8-19(16-21)26-15-7-14-23;1-2-4-6-5-3-1;/h6,8-13,16-17,23H,1-2,4-5,7,14-15H2,3H3;1H,2-6H2;/q-2;-1;+1/t17-;;/m0../s1. The van der Waals surface area contributed by atoms with Crippen molar-refractivity contribution in [1.82, 2.24) is 4.90 Å². The van der Waals surface area contributed by atoms with Crippen LogP contribution in [-0.4, -0.2) is 44.7 Å². The Kier molecular flexibility index (Phi) is 14.8. The van der Waals surface area contributed by atoms with E-state index in [0.29, 0.717) is 31.9 Å². The molecule has 5 nitrogen and oxygen atoms in total. The largest absolute Gasteiger partial charge is 1.00 e. The van der Waals surface area contributed by atoms with Crippen LogP contribution in [0.2, 0.25) is 0 Å². The van der Waals surface area contributed by atoms with Gasteiger partial charge in [0.2, 0.25) is 9.84 Å². The van der Waals surface area contributed by atoms with Crippen molar-refractivity contribution in [2.45, 2.75) is 61.3 Å². The normalized spacial score (nSPS) is 14.5. The summed E-state index contributed by atoms with van der Waals surface area (Å²) in [4.78, 5) is 2.51. The van der Waals surface area contributed by atoms with Crippen molar-refractivity contribution >= 4 is 9.84 Å². The fraction of sp³-hybridized carbons (Fsp3) is 0.444. The Labute approximate surface area is 219 Å². The molecule has 184 valence electrons. The van der Waals surface area contributed by atoms with Crippen LogP contribution in [0.1, 0.15) is 57.1 Å². The van der Waals surface area contributed by atoms with Gasteiger partial charge in [-0.25, -0.2) is 8.42 Å². The minimum Gasteiger partial charge on any atom is -0.493 e. The first-order valence-electron chi connectivity index (χ1n) is 11.8. The Morgan fingerprint density at radius 3 is 2.18 bits per heavy atom. The molecule has 0 radical (unpaired) electrons. The third kappa shape index (κ3) is 9.40. The molecule has 0 heterocycles. The molecule has 0 unspecified atom stereocenters. The molecular weight excluding hydrogens is 441 g/mol. The van der Waals surface area contributed by atoms with Gasteiger partial charge in [-0.1, -0.05) is 37.5 Å². The molecule has 34 heavy (non-hydrogen) atoms. The third-order valence-electron chi connectivity index (χ3n) is 5.80. The summed E-state index contributed by atoms with van der Waals surface area (Å²) in [6.45, 7) is 11.5. The van der Waals surface area contributed by atoms with E-state index in [-0.39, 0.29) is 41.3 Å². The molecule has 2 aromatic carbocycles. The number of hydrogen-bond donors (Lipinski definition) is 1. The van der Waals surface area contributed by atoms with E-state index in [1.54, 1.807) is 30.3 Å². The van der Waals surface area contributed by atoms with Gasteiger partial charge in [0, 0.05) is 19.1 Å². The summed E-state index contributed by atoms with van der Waals surface area (Å²) in [7, 11) is -3.63. The molecule has 1 atom stereocenters. The van der Waals surface area contributed by atoms with Crippen LogP contribution in [0.4, 0.5) is 0 Å². The molecule has 0 spiro atoms. The van der Waals surface area contributed by atoms with E-state index in [1.807, 2.05) is 19.1 Å². The first kappa shape index (κ1) is 30.7. The maximum absolute atomic E-state index is 12.9. The zero-order chi connectivity index (χ0) is 24.1. The average Bonchev–Trinajstić information content (AvgIpc) is 2.86. The minimum absolute atomic E-state index is 0. The van der Waals surface area contributed by atoms with Gasteiger partial charge in [-0.15, -0.1) is 13.1 Å². The van der Waals surface area contributed by atoms with E-state index in [9.17, 15) is 8.42 Å². The second kappa shape index (κ2) is 16.4. The number of rotatable bonds is 10. The number of nitrogens with zero attached hydrogens (tertiary/aromatic N) is 1. The summed E-state index contributed by atoms with van der Waals surface area (Å²) in [5.74, 6) is 0.469. The second-order valence-electron chi connectivity index (χ2n) is 8.11. The predicted octanol–water partition coefficient (Wildman–Crippen LogP) is 2.47. The number of ether oxygens (including phenoxy) is 1. The van der Waals surface area contributed by atoms with Crippen molar-refractivity contribution in [3.8, 4) is 5.75 Å². The van der Waals surface area contributed by atoms with Crippen molar-refractivity contribution in [2.24, 2.45) is 0 Å². The molecule has 0 saturated heterocycles. The van der Waals surface area contributed by atoms with Crippen LogP contribution < -0.4 is 23.6 Å². The van der Waals surface area contributed by atoms with Crippen molar-refractivity contribution in [2.75, 3.05) is 26.3 Å². The van der Waals surface area contributed by atoms with Gasteiger partial charge in [0.05, 0.1) is 16.4 Å². The summed E-state index contributed by atoms with van der Waals surface area (Å²) in [5, 5.41) is 8.82. The van der Waals surface area contributed by atoms with E-state index in [2.05, 4.69) is 25.2 Å². The zero-order valence-corrected chi connectivity index (χ0v) is 21.6. The molecule has 1 N–H and O–H groups in total. The van der Waals surface area contributed by atoms with Crippen molar-refractivity contribution in [3.63, 3.8) is 0 Å². The molecule has 3 rings (SSSR count). The smallest absolute Gasteiger partial charge is 0.493 e. The van der Waals surface area contributed by atoms with E-state index < -0.39 is 9.84 Å². The summed E-state index contributed by atoms with van der Waals surface area (Å²) >= 11 is 0. The fourth-order valence-electron chi connectivity index (χ4n) is 3.66. The Morgan fingerprint density at radius 1 is 1.03 bits per heavy atom. The summed E-state index contributed by atoms with van der Waals surface area (Å²) in [5.41, 5.74) is 1.02. The van der Waals surface area contributed by atoms with Crippen LogP contribution in [0.15, 0.2) is 58.3 Å². The van der Waals surface area contributed by atoms with Crippen molar-refractivity contribution in [1.29, 1.82) is 0 Å². The maximum Gasteiger partial charge on any atom is 1.00 e. The number of benzene rings is 2. The molecule has 0 bridgehead atoms. The third-order valence-corrected chi connectivity index (χ3v) is 7.57. The van der Waals surface area contributed by atoms with Crippen LogP contribution >= 0.6 is 0 Å². The van der Waals surface area contributed by atoms with E-state index in [1.165, 1.54) is 38.2 Å². The van der Waals surface area contributed by atoms with Gasteiger partial charge in [-0.3, -0.25) is 0 Å². The van der Waals surface area contributed by atoms with Gasteiger partial charge in [-0.2, -0.15) is 12.8 Å². The molecule has 0 aliphatic heterocycles. The summed E-state index contributed by atoms with van der Waals surface area (Å²) in [6, 6.07) is 13.4. The van der Waals surface area contributed by atoms with Crippen LogP contribution in [0.3, 0.4) is 0 Å². The van der Waals surface area contributed by atoms with Gasteiger partial charge >= 0.3 is 18.9 Å². The minimum atomic E-state index is -3.63. The zero-order valence-electron chi connectivity index (χ0n) is 20.8. The van der Waals surface area contributed by atoms with Crippen LogP contribution in [0, 0.1) is 20.3 Å². The second-order valence-corrected chi connectivity index (χ2v) is 10.1. The summed E-state index contributed by atoms with van der Waals surface area (Å²) in [6.07, 6.45) is 9.99. The SMILES string of the molecule is [CH-]1CCCCC1.[CH2-]CN(C[CH2-])[C@@H](C)c1ccc(S(=O)(=O)c2cccc(OCCCO)c2)cc1.[Li+]. The monoisotopic (exact) mass is 479 g/mol. The van der Waals surface area contributed by atoms with E-state index in [4.69, 9.17) is 9.84 Å². The van der Waals surface area contributed by atoms with Gasteiger partial charge < -0.3 is 35.0 Å². The molecule has 0 aromatic heterocycles. The molecule has 2 aromatic rings. The van der Waals surface area contributed by atoms with Crippen molar-refractivity contribution < 1.29 is 37.1 Å². The molecule has 1 aliphatic rings. The fourth-order valence-corrected chi connectivity index (χ4v) is 4.95. The number of sulfone groups is 1. The number of aliphatic hydroxyl groups excluding tert-OH is 1. The molecule has 1 fully saturated rings. The van der Waals surface area contributed by atoms with Crippen LogP contribution in [-0.2, 0) is 9.84 Å². The van der Waals surface area contributed by atoms with Crippen LogP contribution in [0.5, 0.6) is 5.75 Å². The molecule has 1 aliphatic carbocycles. The van der Waals surface area contributed by atoms with Gasteiger partial charge in [0.15, 0.2) is 0 Å². The Morgan fingerprint density at radius 2 is 1.68 bits per heavy atom. The van der Waals surface area contributed by atoms with Gasteiger partial charge in [0.1, 0.15) is 5.75 Å². The first-order valence-corrected chi connectivity index (χ1v) is 13.2. The number of hydrogen-bond acceptors (Lipinski definition) is 5. The van der Waals surface area contributed by atoms with Gasteiger partial charge in [-0.05, 0) is 42.8 Å². The average molecular weight is 480 g/mol. The molecule has 0 amide bonds. The quantitative estimate of drug-likeness (QED) is 0.322. The Hall–Kier alpha value is -1.29. The van der Waals surface area contributed by atoms with Crippen LogP contribution in [0.25, 0.3) is 0 Å². The Bertz CT molecular complexity index is 899. The Balaban J connectivity index is 0.000000716. The molecule has 7 heteroatoms. The van der Waals surface area contributed by atoms with E-state index in [0.717, 1.165) is 5.56 Å². The molecule has 1 saturated carbocycles. The van der Waals surface area contributed by atoms with Crippen molar-refractivity contribution in [3.05, 3.63) is 74.4 Å². The predicted molar refractivity (Wildman–Crippen MR) is 134 cm³/mol. The van der Waals surface area contributed by atoms with Gasteiger partial charge in [0.25, 0.3) is 0 Å². The molecular formula is C27H38LiNO4S-2. The summed E-state index contributed by atoms with van der Waals surface area (Å²) < 4.78 is 31.3. The van der Waals surface area contributed by atoms with E-state index >= 15 is 0 Å². The number of aliphatic hydroxyl groups is 1. The maximum atomic E-state index is 12.9. The first-order chi connectivity index (χ1) is 15.9.